The van der Waals surface area contributed by atoms with Gasteiger partial charge >= 0.3 is 0 Å². The number of carbonyl (C=O) groups excluding carboxylic acids is 1. The molecule has 1 atom stereocenters. The van der Waals surface area contributed by atoms with Gasteiger partial charge in [0.15, 0.2) is 5.78 Å². The third-order valence-electron chi connectivity index (χ3n) is 1.83. The second kappa shape index (κ2) is 4.25. The highest BCUT2D eigenvalue weighted by atomic mass is 79.9. The molecule has 13 heavy (non-hydrogen) atoms. The fraction of sp³-hybridized carbons (Fsp3) is 0.300. The Morgan fingerprint density at radius 2 is 2.15 bits per heavy atom. The van der Waals surface area contributed by atoms with Crippen LogP contribution in [0.25, 0.3) is 0 Å². The zero-order valence-electron chi connectivity index (χ0n) is 7.47. The maximum Gasteiger partial charge on any atom is 0.176 e. The van der Waals surface area contributed by atoms with Crippen molar-refractivity contribution in [1.29, 1.82) is 0 Å². The molecular formula is C10H10BrClO. The molecule has 1 nitrogen and oxygen atoms in total. The summed E-state index contributed by atoms with van der Waals surface area (Å²) in [6, 6.07) is 5.34. The summed E-state index contributed by atoms with van der Waals surface area (Å²) in [7, 11) is 0. The van der Waals surface area contributed by atoms with Crippen LogP contribution in [0.1, 0.15) is 22.8 Å². The number of hydrogen-bond acceptors (Lipinski definition) is 1. The molecule has 0 fully saturated rings. The Balaban J connectivity index is 3.13. The van der Waals surface area contributed by atoms with Gasteiger partial charge in [-0.15, -0.1) is 0 Å². The van der Waals surface area contributed by atoms with Crippen molar-refractivity contribution in [2.24, 2.45) is 0 Å². The van der Waals surface area contributed by atoms with Crippen LogP contribution in [0.3, 0.4) is 0 Å². The lowest BCUT2D eigenvalue weighted by atomic mass is 10.0. The molecule has 1 rings (SSSR count). The van der Waals surface area contributed by atoms with Gasteiger partial charge in [-0.25, -0.2) is 0 Å². The molecule has 3 heteroatoms. The third kappa shape index (κ3) is 2.55. The fourth-order valence-corrected chi connectivity index (χ4v) is 1.49. The number of halogens is 2. The second-order valence-electron chi connectivity index (χ2n) is 2.94. The molecular weight excluding hydrogens is 251 g/mol. The van der Waals surface area contributed by atoms with E-state index in [0.717, 1.165) is 5.56 Å². The molecule has 1 aromatic rings. The first-order valence-electron chi connectivity index (χ1n) is 3.97. The Hall–Kier alpha value is -0.340. The third-order valence-corrected chi connectivity index (χ3v) is 2.48. The minimum atomic E-state index is -0.162. The molecule has 0 aromatic heterocycles. The van der Waals surface area contributed by atoms with Gasteiger partial charge < -0.3 is 0 Å². The molecule has 0 saturated carbocycles. The van der Waals surface area contributed by atoms with Crippen LogP contribution in [0.15, 0.2) is 18.2 Å². The van der Waals surface area contributed by atoms with Gasteiger partial charge in [0, 0.05) is 10.6 Å². The van der Waals surface area contributed by atoms with Gasteiger partial charge in [0.05, 0.1) is 4.83 Å². The summed E-state index contributed by atoms with van der Waals surface area (Å²) < 4.78 is 0. The van der Waals surface area contributed by atoms with Crippen LogP contribution >= 0.6 is 27.5 Å². The predicted molar refractivity (Wildman–Crippen MR) is 58.9 cm³/mol. The largest absolute Gasteiger partial charge is 0.293 e. The van der Waals surface area contributed by atoms with Crippen molar-refractivity contribution in [2.45, 2.75) is 18.7 Å². The van der Waals surface area contributed by atoms with Crippen LogP contribution in [-0.2, 0) is 0 Å². The van der Waals surface area contributed by atoms with Crippen molar-refractivity contribution in [2.75, 3.05) is 0 Å². The molecule has 0 saturated heterocycles. The molecule has 0 N–H and O–H groups in total. The topological polar surface area (TPSA) is 17.1 Å². The predicted octanol–water partition coefficient (Wildman–Crippen LogP) is 3.61. The smallest absolute Gasteiger partial charge is 0.176 e. The Morgan fingerprint density at radius 1 is 1.54 bits per heavy atom. The van der Waals surface area contributed by atoms with Gasteiger partial charge in [0.2, 0.25) is 0 Å². The molecule has 0 radical (unpaired) electrons. The molecule has 0 spiro atoms. The number of Topliss-reactive ketones (excluding diaryl/α,β-unsaturated/α-hetero) is 1. The maximum atomic E-state index is 11.6. The SMILES string of the molecule is Cc1ccc(Cl)cc1C(=O)C(C)Br. The zero-order valence-corrected chi connectivity index (χ0v) is 9.82. The molecule has 0 amide bonds. The standard InChI is InChI=1S/C10H10BrClO/c1-6-3-4-8(12)5-9(6)10(13)7(2)11/h3-5,7H,1-2H3. The Bertz CT molecular complexity index is 334. The second-order valence-corrected chi connectivity index (χ2v) is 4.75. The summed E-state index contributed by atoms with van der Waals surface area (Å²) in [6.07, 6.45) is 0. The van der Waals surface area contributed by atoms with Gasteiger partial charge in [-0.3, -0.25) is 4.79 Å². The number of benzene rings is 1. The molecule has 0 bridgehead atoms. The van der Waals surface area contributed by atoms with E-state index in [4.69, 9.17) is 11.6 Å². The van der Waals surface area contributed by atoms with Gasteiger partial charge in [-0.2, -0.15) is 0 Å². The molecule has 1 unspecified atom stereocenters. The normalized spacial score (nSPS) is 12.6. The lowest BCUT2D eigenvalue weighted by Crippen LogP contribution is -2.11. The van der Waals surface area contributed by atoms with Gasteiger partial charge in [-0.05, 0) is 31.5 Å². The van der Waals surface area contributed by atoms with Crippen molar-refractivity contribution in [1.82, 2.24) is 0 Å². The summed E-state index contributed by atoms with van der Waals surface area (Å²) in [6.45, 7) is 3.71. The summed E-state index contributed by atoms with van der Waals surface area (Å²) >= 11 is 9.04. The number of hydrogen-bond donors (Lipinski definition) is 0. The van der Waals surface area contributed by atoms with Crippen molar-refractivity contribution in [3.8, 4) is 0 Å². The maximum absolute atomic E-state index is 11.6. The van der Waals surface area contributed by atoms with E-state index in [9.17, 15) is 4.79 Å². The summed E-state index contributed by atoms with van der Waals surface area (Å²) in [5.41, 5.74) is 1.65. The number of ketones is 1. The van der Waals surface area contributed by atoms with Gasteiger partial charge in [-0.1, -0.05) is 33.6 Å². The van der Waals surface area contributed by atoms with Crippen molar-refractivity contribution in [3.05, 3.63) is 34.3 Å². The van der Waals surface area contributed by atoms with E-state index in [0.29, 0.717) is 10.6 Å². The Kier molecular flexibility index (Phi) is 3.51. The van der Waals surface area contributed by atoms with Crippen molar-refractivity contribution >= 4 is 33.3 Å². The highest BCUT2D eigenvalue weighted by Crippen LogP contribution is 2.18. The van der Waals surface area contributed by atoms with E-state index in [1.165, 1.54) is 0 Å². The van der Waals surface area contributed by atoms with E-state index in [2.05, 4.69) is 15.9 Å². The highest BCUT2D eigenvalue weighted by molar-refractivity contribution is 9.10. The average Bonchev–Trinajstić information content (AvgIpc) is 2.08. The molecule has 0 aliphatic heterocycles. The Morgan fingerprint density at radius 3 is 2.69 bits per heavy atom. The molecule has 0 aliphatic rings. The first kappa shape index (κ1) is 10.7. The van der Waals surface area contributed by atoms with Crippen LogP contribution in [0.2, 0.25) is 5.02 Å². The summed E-state index contributed by atoms with van der Waals surface area (Å²) in [5, 5.41) is 0.599. The number of aryl methyl sites for hydroxylation is 1. The van der Waals surface area contributed by atoms with E-state index in [1.807, 2.05) is 19.9 Å². The van der Waals surface area contributed by atoms with E-state index < -0.39 is 0 Å². The first-order valence-corrected chi connectivity index (χ1v) is 5.26. The van der Waals surface area contributed by atoms with E-state index in [-0.39, 0.29) is 10.6 Å². The van der Waals surface area contributed by atoms with E-state index >= 15 is 0 Å². The first-order chi connectivity index (χ1) is 6.02. The highest BCUT2D eigenvalue weighted by Gasteiger charge is 2.14. The van der Waals surface area contributed by atoms with Crippen molar-refractivity contribution in [3.63, 3.8) is 0 Å². The zero-order chi connectivity index (χ0) is 10.0. The number of carbonyl (C=O) groups is 1. The van der Waals surface area contributed by atoms with Crippen LogP contribution < -0.4 is 0 Å². The molecule has 0 heterocycles. The number of alkyl halides is 1. The van der Waals surface area contributed by atoms with Crippen LogP contribution in [0, 0.1) is 6.92 Å². The summed E-state index contributed by atoms with van der Waals surface area (Å²) in [5.74, 6) is 0.0694. The van der Waals surface area contributed by atoms with Crippen molar-refractivity contribution < 1.29 is 4.79 Å². The van der Waals surface area contributed by atoms with Crippen LogP contribution in [0.4, 0.5) is 0 Å². The monoisotopic (exact) mass is 260 g/mol. The van der Waals surface area contributed by atoms with Crippen LogP contribution in [-0.4, -0.2) is 10.6 Å². The quantitative estimate of drug-likeness (QED) is 0.587. The Labute approximate surface area is 91.2 Å². The minimum Gasteiger partial charge on any atom is -0.293 e. The van der Waals surface area contributed by atoms with Gasteiger partial charge in [0.25, 0.3) is 0 Å². The van der Waals surface area contributed by atoms with Crippen LogP contribution in [0.5, 0.6) is 0 Å². The lowest BCUT2D eigenvalue weighted by molar-refractivity contribution is 0.0995. The lowest BCUT2D eigenvalue weighted by Gasteiger charge is -2.06. The number of rotatable bonds is 2. The molecule has 1 aromatic carbocycles. The van der Waals surface area contributed by atoms with Gasteiger partial charge in [0.1, 0.15) is 0 Å². The fourth-order valence-electron chi connectivity index (χ4n) is 1.07. The minimum absolute atomic E-state index is 0.0694. The average molecular weight is 262 g/mol. The van der Waals surface area contributed by atoms with E-state index in [1.54, 1.807) is 12.1 Å². The molecule has 0 aliphatic carbocycles. The summed E-state index contributed by atoms with van der Waals surface area (Å²) in [4.78, 5) is 11.4. The molecule has 70 valence electrons.